The molecule has 0 radical (unpaired) electrons. The number of anilines is 1. The lowest BCUT2D eigenvalue weighted by atomic mass is 10.1. The van der Waals surface area contributed by atoms with E-state index in [2.05, 4.69) is 4.98 Å². The number of nitrogens with zero attached hydrogens (tertiary/aromatic N) is 1. The number of halogens is 4. The molecule has 2 aromatic rings. The summed E-state index contributed by atoms with van der Waals surface area (Å²) in [4.78, 5) is 15.6. The topological polar surface area (TPSA) is 65.6 Å². The molecule has 136 valence electrons. The Balaban J connectivity index is 2.12. The van der Waals surface area contributed by atoms with Crippen LogP contribution in [0.4, 0.5) is 18.9 Å². The average Bonchev–Trinajstić information content (AvgIpc) is 2.53. The summed E-state index contributed by atoms with van der Waals surface area (Å²) in [7, 11) is 0. The number of aromatic nitrogens is 1. The first-order chi connectivity index (χ1) is 11.7. The SMILES string of the molecule is CC[C@@H]1COc2c(ccc3[nH]c(=O)cc(Cl)c23)N1C[C@@H](O)C(F)(F)F. The zero-order valence-electron chi connectivity index (χ0n) is 13.2. The van der Waals surface area contributed by atoms with Gasteiger partial charge in [-0.3, -0.25) is 4.79 Å². The summed E-state index contributed by atoms with van der Waals surface area (Å²) in [5.74, 6) is 0.304. The molecule has 2 atom stereocenters. The molecule has 0 unspecified atom stereocenters. The second kappa shape index (κ2) is 6.42. The number of aromatic amines is 1. The normalized spacial score (nSPS) is 18.8. The molecule has 9 heteroatoms. The molecule has 5 nitrogen and oxygen atoms in total. The van der Waals surface area contributed by atoms with Crippen molar-refractivity contribution in [3.8, 4) is 5.75 Å². The average molecular weight is 377 g/mol. The maximum absolute atomic E-state index is 12.8. The Bertz CT molecular complexity index is 853. The van der Waals surface area contributed by atoms with Crippen LogP contribution in [0.1, 0.15) is 13.3 Å². The molecular weight excluding hydrogens is 361 g/mol. The summed E-state index contributed by atoms with van der Waals surface area (Å²) >= 11 is 6.15. The highest BCUT2D eigenvalue weighted by Crippen LogP contribution is 2.42. The Morgan fingerprint density at radius 3 is 2.84 bits per heavy atom. The van der Waals surface area contributed by atoms with E-state index in [0.717, 1.165) is 0 Å². The Morgan fingerprint density at radius 2 is 2.20 bits per heavy atom. The summed E-state index contributed by atoms with van der Waals surface area (Å²) in [5.41, 5.74) is 0.453. The molecule has 25 heavy (non-hydrogen) atoms. The molecule has 1 aromatic carbocycles. The number of H-pyrrole nitrogens is 1. The van der Waals surface area contributed by atoms with Crippen LogP contribution in [0, 0.1) is 0 Å². The molecule has 0 fully saturated rings. The maximum Gasteiger partial charge on any atom is 0.416 e. The molecule has 2 heterocycles. The predicted octanol–water partition coefficient (Wildman–Crippen LogP) is 3.08. The van der Waals surface area contributed by atoms with Crippen LogP contribution in [-0.2, 0) is 0 Å². The van der Waals surface area contributed by atoms with E-state index >= 15 is 0 Å². The molecule has 0 aliphatic carbocycles. The lowest BCUT2D eigenvalue weighted by molar-refractivity contribution is -0.200. The zero-order chi connectivity index (χ0) is 18.4. The van der Waals surface area contributed by atoms with Gasteiger partial charge in [0.05, 0.1) is 34.2 Å². The number of ether oxygens (including phenoxy) is 1. The van der Waals surface area contributed by atoms with Crippen molar-refractivity contribution in [1.82, 2.24) is 4.98 Å². The highest BCUT2D eigenvalue weighted by molar-refractivity contribution is 6.36. The van der Waals surface area contributed by atoms with Crippen molar-refractivity contribution in [2.45, 2.75) is 31.7 Å². The fourth-order valence-corrected chi connectivity index (χ4v) is 3.27. The van der Waals surface area contributed by atoms with Crippen molar-refractivity contribution in [3.63, 3.8) is 0 Å². The van der Waals surface area contributed by atoms with E-state index in [9.17, 15) is 23.1 Å². The highest BCUT2D eigenvalue weighted by atomic mass is 35.5. The summed E-state index contributed by atoms with van der Waals surface area (Å²) < 4.78 is 44.2. The van der Waals surface area contributed by atoms with Crippen LogP contribution in [0.3, 0.4) is 0 Å². The summed E-state index contributed by atoms with van der Waals surface area (Å²) in [5, 5.41) is 10.1. The molecule has 0 spiro atoms. The van der Waals surface area contributed by atoms with Gasteiger partial charge < -0.3 is 19.7 Å². The molecule has 0 amide bonds. The number of benzene rings is 1. The Morgan fingerprint density at radius 1 is 1.48 bits per heavy atom. The fourth-order valence-electron chi connectivity index (χ4n) is 2.98. The number of hydrogen-bond donors (Lipinski definition) is 2. The molecule has 3 rings (SSSR count). The minimum absolute atomic E-state index is 0.155. The van der Waals surface area contributed by atoms with Gasteiger partial charge in [0.1, 0.15) is 6.61 Å². The summed E-state index contributed by atoms with van der Waals surface area (Å²) in [6.07, 6.45) is -6.65. The van der Waals surface area contributed by atoms with E-state index in [4.69, 9.17) is 16.3 Å². The van der Waals surface area contributed by atoms with Gasteiger partial charge in [0.25, 0.3) is 0 Å². The van der Waals surface area contributed by atoms with Crippen molar-refractivity contribution in [2.24, 2.45) is 0 Å². The Kier molecular flexibility index (Phi) is 4.59. The number of pyridine rings is 1. The van der Waals surface area contributed by atoms with Crippen molar-refractivity contribution in [2.75, 3.05) is 18.1 Å². The molecule has 1 aromatic heterocycles. The van der Waals surface area contributed by atoms with E-state index in [-0.39, 0.29) is 23.2 Å². The predicted molar refractivity (Wildman–Crippen MR) is 88.6 cm³/mol. The number of β-amino-alcohol motifs (C(OH)–C–C–N with tert-alkyl or cyclic N) is 1. The summed E-state index contributed by atoms with van der Waals surface area (Å²) in [6, 6.07) is 4.00. The van der Waals surface area contributed by atoms with Crippen LogP contribution in [0.2, 0.25) is 5.02 Å². The first kappa shape index (κ1) is 17.9. The number of fused-ring (bicyclic) bond motifs is 3. The highest BCUT2D eigenvalue weighted by Gasteiger charge is 2.41. The Labute approximate surface area is 146 Å². The number of aliphatic hydroxyl groups is 1. The Hall–Kier alpha value is -1.93. The van der Waals surface area contributed by atoms with Gasteiger partial charge in [0, 0.05) is 6.07 Å². The first-order valence-electron chi connectivity index (χ1n) is 7.72. The zero-order valence-corrected chi connectivity index (χ0v) is 14.0. The number of aliphatic hydroxyl groups excluding tert-OH is 1. The number of nitrogens with one attached hydrogen (secondary N) is 1. The van der Waals surface area contributed by atoms with Gasteiger partial charge >= 0.3 is 6.18 Å². The van der Waals surface area contributed by atoms with Gasteiger partial charge in [0.15, 0.2) is 11.9 Å². The fraction of sp³-hybridized carbons (Fsp3) is 0.438. The van der Waals surface area contributed by atoms with Gasteiger partial charge in [-0.2, -0.15) is 13.2 Å². The second-order valence-corrected chi connectivity index (χ2v) is 6.31. The number of hydrogen-bond acceptors (Lipinski definition) is 4. The molecular formula is C16H16ClF3N2O3. The summed E-state index contributed by atoms with van der Waals surface area (Å²) in [6.45, 7) is 1.38. The van der Waals surface area contributed by atoms with Crippen LogP contribution >= 0.6 is 11.6 Å². The third kappa shape index (κ3) is 3.28. The van der Waals surface area contributed by atoms with Gasteiger partial charge in [-0.25, -0.2) is 0 Å². The van der Waals surface area contributed by atoms with Crippen molar-refractivity contribution >= 4 is 28.2 Å². The van der Waals surface area contributed by atoms with Crippen molar-refractivity contribution < 1.29 is 23.0 Å². The standard InChI is InChI=1S/C16H16ClF3N2O3/c1-2-8-7-25-15-11(22(8)6-12(23)16(18,19)20)4-3-10-14(15)9(17)5-13(24)21-10/h3-5,8,12,23H,2,6-7H2,1H3,(H,21,24)/t8-,12-/m1/s1. The van der Waals surface area contributed by atoms with Crippen molar-refractivity contribution in [1.29, 1.82) is 0 Å². The van der Waals surface area contributed by atoms with Crippen LogP contribution in [0.25, 0.3) is 10.9 Å². The molecule has 0 bridgehead atoms. The van der Waals surface area contributed by atoms with E-state index in [1.165, 1.54) is 11.0 Å². The van der Waals surface area contributed by atoms with Gasteiger partial charge in [-0.15, -0.1) is 0 Å². The van der Waals surface area contributed by atoms with Crippen molar-refractivity contribution in [3.05, 3.63) is 33.6 Å². The minimum atomic E-state index is -4.71. The molecule has 1 aliphatic heterocycles. The molecule has 2 N–H and O–H groups in total. The third-order valence-electron chi connectivity index (χ3n) is 4.28. The van der Waals surface area contributed by atoms with E-state index in [0.29, 0.717) is 28.8 Å². The second-order valence-electron chi connectivity index (χ2n) is 5.90. The van der Waals surface area contributed by atoms with Gasteiger partial charge in [-0.05, 0) is 18.6 Å². The lowest BCUT2D eigenvalue weighted by Gasteiger charge is -2.40. The van der Waals surface area contributed by atoms with Crippen LogP contribution < -0.4 is 15.2 Å². The van der Waals surface area contributed by atoms with E-state index < -0.39 is 18.8 Å². The smallest absolute Gasteiger partial charge is 0.416 e. The molecule has 0 saturated carbocycles. The van der Waals surface area contributed by atoms with Gasteiger partial charge in [0.2, 0.25) is 5.56 Å². The van der Waals surface area contributed by atoms with Crippen LogP contribution in [0.15, 0.2) is 23.0 Å². The van der Waals surface area contributed by atoms with Crippen LogP contribution in [-0.4, -0.2) is 41.6 Å². The third-order valence-corrected chi connectivity index (χ3v) is 4.58. The molecule has 0 saturated heterocycles. The first-order valence-corrected chi connectivity index (χ1v) is 8.10. The number of rotatable bonds is 3. The van der Waals surface area contributed by atoms with E-state index in [1.54, 1.807) is 12.1 Å². The van der Waals surface area contributed by atoms with Crippen LogP contribution in [0.5, 0.6) is 5.75 Å². The largest absolute Gasteiger partial charge is 0.488 e. The minimum Gasteiger partial charge on any atom is -0.488 e. The maximum atomic E-state index is 12.8. The van der Waals surface area contributed by atoms with E-state index in [1.807, 2.05) is 6.92 Å². The quantitative estimate of drug-likeness (QED) is 0.864. The van der Waals surface area contributed by atoms with Gasteiger partial charge in [-0.1, -0.05) is 18.5 Å². The monoisotopic (exact) mass is 376 g/mol. The molecule has 1 aliphatic rings. The lowest BCUT2D eigenvalue weighted by Crippen LogP contribution is -2.49. The number of alkyl halides is 3.